The zero-order chi connectivity index (χ0) is 10.8. The Kier molecular flexibility index (Phi) is 5.05. The molecule has 1 unspecified atom stereocenters. The molecule has 1 aliphatic heterocycles. The lowest BCUT2D eigenvalue weighted by molar-refractivity contribution is 0.500. The normalized spacial score (nSPS) is 20.4. The summed E-state index contributed by atoms with van der Waals surface area (Å²) in [7, 11) is 0. The standard InChI is InChI=1S/C9H12Cl2N4.ClH/c1-6-5-12-2-3-15(6)7-4-8(10)13-14-9(7)11;/h4,6,12H,2-3,5H2,1H3;1H. The van der Waals surface area contributed by atoms with Crippen LogP contribution >= 0.6 is 35.6 Å². The van der Waals surface area contributed by atoms with Crippen molar-refractivity contribution >= 4 is 41.3 Å². The molecule has 1 N–H and O–H groups in total. The highest BCUT2D eigenvalue weighted by molar-refractivity contribution is 6.33. The van der Waals surface area contributed by atoms with Crippen molar-refractivity contribution in [2.24, 2.45) is 0 Å². The third kappa shape index (κ3) is 2.88. The van der Waals surface area contributed by atoms with Gasteiger partial charge in [0.1, 0.15) is 0 Å². The average Bonchev–Trinajstić information content (AvgIpc) is 2.23. The Bertz CT molecular complexity index is 361. The Hall–Kier alpha value is -0.290. The summed E-state index contributed by atoms with van der Waals surface area (Å²) in [5.41, 5.74) is 0.866. The number of hydrogen-bond donors (Lipinski definition) is 1. The van der Waals surface area contributed by atoms with Crippen molar-refractivity contribution in [1.82, 2.24) is 15.5 Å². The third-order valence-corrected chi connectivity index (χ3v) is 2.97. The molecule has 2 rings (SSSR count). The lowest BCUT2D eigenvalue weighted by Gasteiger charge is -2.35. The molecule has 0 spiro atoms. The van der Waals surface area contributed by atoms with E-state index in [1.54, 1.807) is 6.07 Å². The van der Waals surface area contributed by atoms with Crippen molar-refractivity contribution in [2.75, 3.05) is 24.5 Å². The van der Waals surface area contributed by atoms with E-state index in [0.29, 0.717) is 16.3 Å². The quantitative estimate of drug-likeness (QED) is 0.856. The lowest BCUT2D eigenvalue weighted by atomic mass is 10.2. The van der Waals surface area contributed by atoms with Gasteiger partial charge in [-0.25, -0.2) is 0 Å². The summed E-state index contributed by atoms with van der Waals surface area (Å²) in [6.45, 7) is 4.93. The highest BCUT2D eigenvalue weighted by Crippen LogP contribution is 2.27. The van der Waals surface area contributed by atoms with Gasteiger partial charge in [-0.3, -0.25) is 0 Å². The number of aromatic nitrogens is 2. The van der Waals surface area contributed by atoms with E-state index in [-0.39, 0.29) is 12.4 Å². The van der Waals surface area contributed by atoms with Crippen LogP contribution < -0.4 is 10.2 Å². The van der Waals surface area contributed by atoms with Crippen LogP contribution in [0.3, 0.4) is 0 Å². The van der Waals surface area contributed by atoms with Gasteiger partial charge in [0.25, 0.3) is 0 Å². The molecule has 0 saturated carbocycles. The Morgan fingerprint density at radius 2 is 2.19 bits per heavy atom. The predicted octanol–water partition coefficient (Wildman–Crippen LogP) is 2.00. The summed E-state index contributed by atoms with van der Waals surface area (Å²) in [6.07, 6.45) is 0. The van der Waals surface area contributed by atoms with Gasteiger partial charge < -0.3 is 10.2 Å². The number of piperazine rings is 1. The van der Waals surface area contributed by atoms with Gasteiger partial charge in [0.05, 0.1) is 5.69 Å². The van der Waals surface area contributed by atoms with Crippen LogP contribution in [0.25, 0.3) is 0 Å². The largest absolute Gasteiger partial charge is 0.364 e. The van der Waals surface area contributed by atoms with Gasteiger partial charge in [0.15, 0.2) is 10.3 Å². The molecule has 1 saturated heterocycles. The first-order valence-corrected chi connectivity index (χ1v) is 5.60. The van der Waals surface area contributed by atoms with Crippen molar-refractivity contribution < 1.29 is 0 Å². The van der Waals surface area contributed by atoms with Gasteiger partial charge >= 0.3 is 0 Å². The molecule has 0 radical (unpaired) electrons. The van der Waals surface area contributed by atoms with Crippen LogP contribution in [0.1, 0.15) is 6.92 Å². The van der Waals surface area contributed by atoms with Crippen LogP contribution in [-0.2, 0) is 0 Å². The number of hydrogen-bond acceptors (Lipinski definition) is 4. The lowest BCUT2D eigenvalue weighted by Crippen LogP contribution is -2.50. The Morgan fingerprint density at radius 1 is 1.44 bits per heavy atom. The minimum atomic E-state index is 0. The zero-order valence-electron chi connectivity index (χ0n) is 8.78. The molecule has 7 heteroatoms. The minimum Gasteiger partial charge on any atom is -0.364 e. The molecule has 0 amide bonds. The molecule has 0 bridgehead atoms. The van der Waals surface area contributed by atoms with Crippen molar-refractivity contribution in [3.05, 3.63) is 16.4 Å². The maximum Gasteiger partial charge on any atom is 0.175 e. The summed E-state index contributed by atoms with van der Waals surface area (Å²) in [5, 5.41) is 11.6. The Labute approximate surface area is 111 Å². The van der Waals surface area contributed by atoms with Gasteiger partial charge in [-0.2, -0.15) is 0 Å². The second kappa shape index (κ2) is 5.87. The van der Waals surface area contributed by atoms with Crippen molar-refractivity contribution in [3.8, 4) is 0 Å². The van der Waals surface area contributed by atoms with Gasteiger partial charge in [-0.05, 0) is 6.92 Å². The van der Waals surface area contributed by atoms with E-state index in [9.17, 15) is 0 Å². The minimum absolute atomic E-state index is 0. The predicted molar refractivity (Wildman–Crippen MR) is 69.0 cm³/mol. The molecule has 0 aliphatic carbocycles. The summed E-state index contributed by atoms with van der Waals surface area (Å²) in [5.74, 6) is 0. The Morgan fingerprint density at radius 3 is 2.88 bits per heavy atom. The fraction of sp³-hybridized carbons (Fsp3) is 0.556. The summed E-state index contributed by atoms with van der Waals surface area (Å²) in [6, 6.07) is 2.15. The van der Waals surface area contributed by atoms with Crippen LogP contribution in [0.5, 0.6) is 0 Å². The van der Waals surface area contributed by atoms with E-state index in [2.05, 4.69) is 27.3 Å². The van der Waals surface area contributed by atoms with E-state index in [1.165, 1.54) is 0 Å². The molecule has 4 nitrogen and oxygen atoms in total. The fourth-order valence-electron chi connectivity index (χ4n) is 1.74. The summed E-state index contributed by atoms with van der Waals surface area (Å²) >= 11 is 11.8. The second-order valence-electron chi connectivity index (χ2n) is 3.59. The van der Waals surface area contributed by atoms with E-state index >= 15 is 0 Å². The maximum atomic E-state index is 6.00. The van der Waals surface area contributed by atoms with E-state index in [1.807, 2.05) is 0 Å². The van der Waals surface area contributed by atoms with Crippen LogP contribution in [0.2, 0.25) is 10.3 Å². The van der Waals surface area contributed by atoms with E-state index < -0.39 is 0 Å². The molecule has 0 aromatic carbocycles. The van der Waals surface area contributed by atoms with Crippen LogP contribution in [0.15, 0.2) is 6.07 Å². The SMILES string of the molecule is CC1CNCCN1c1cc(Cl)nnc1Cl.Cl. The van der Waals surface area contributed by atoms with Gasteiger partial charge in [-0.15, -0.1) is 22.6 Å². The molecule has 1 atom stereocenters. The maximum absolute atomic E-state index is 6.00. The van der Waals surface area contributed by atoms with Crippen molar-refractivity contribution in [2.45, 2.75) is 13.0 Å². The van der Waals surface area contributed by atoms with Crippen molar-refractivity contribution in [1.29, 1.82) is 0 Å². The van der Waals surface area contributed by atoms with Crippen molar-refractivity contribution in [3.63, 3.8) is 0 Å². The van der Waals surface area contributed by atoms with Gasteiger partial charge in [-0.1, -0.05) is 23.2 Å². The molecule has 90 valence electrons. The average molecular weight is 284 g/mol. The molecular weight excluding hydrogens is 270 g/mol. The van der Waals surface area contributed by atoms with Gasteiger partial charge in [0.2, 0.25) is 0 Å². The monoisotopic (exact) mass is 282 g/mol. The number of halogens is 3. The third-order valence-electron chi connectivity index (χ3n) is 2.51. The Balaban J connectivity index is 0.00000128. The summed E-state index contributed by atoms with van der Waals surface area (Å²) < 4.78 is 0. The number of rotatable bonds is 1. The topological polar surface area (TPSA) is 41.0 Å². The molecule has 1 aromatic heterocycles. The highest BCUT2D eigenvalue weighted by Gasteiger charge is 2.21. The number of nitrogens with zero attached hydrogens (tertiary/aromatic N) is 3. The fourth-order valence-corrected chi connectivity index (χ4v) is 2.09. The van der Waals surface area contributed by atoms with Gasteiger partial charge in [0, 0.05) is 31.7 Å². The molecule has 16 heavy (non-hydrogen) atoms. The van der Waals surface area contributed by atoms with E-state index in [0.717, 1.165) is 25.3 Å². The first kappa shape index (κ1) is 13.8. The summed E-state index contributed by atoms with van der Waals surface area (Å²) in [4.78, 5) is 2.19. The number of anilines is 1. The second-order valence-corrected chi connectivity index (χ2v) is 4.33. The molecular formula is C9H13Cl3N4. The highest BCUT2D eigenvalue weighted by atomic mass is 35.5. The zero-order valence-corrected chi connectivity index (χ0v) is 11.1. The van der Waals surface area contributed by atoms with Crippen LogP contribution in [0, 0.1) is 0 Å². The van der Waals surface area contributed by atoms with Crippen LogP contribution in [-0.4, -0.2) is 35.9 Å². The smallest absolute Gasteiger partial charge is 0.175 e. The number of nitrogens with one attached hydrogen (secondary N) is 1. The molecule has 1 aromatic rings. The molecule has 2 heterocycles. The first-order valence-electron chi connectivity index (χ1n) is 4.84. The molecule has 1 aliphatic rings. The van der Waals surface area contributed by atoms with E-state index in [4.69, 9.17) is 23.2 Å². The molecule has 1 fully saturated rings. The van der Waals surface area contributed by atoms with Crippen LogP contribution in [0.4, 0.5) is 5.69 Å². The first-order chi connectivity index (χ1) is 7.18.